The van der Waals surface area contributed by atoms with Gasteiger partial charge in [-0.25, -0.2) is 14.4 Å². The third-order valence-corrected chi connectivity index (χ3v) is 7.06. The fourth-order valence-electron chi connectivity index (χ4n) is 3.67. The maximum absolute atomic E-state index is 13.2. The lowest BCUT2D eigenvalue weighted by Gasteiger charge is -2.12. The number of ether oxygens (including phenoxy) is 1. The normalized spacial score (nSPS) is 11.0. The van der Waals surface area contributed by atoms with Crippen LogP contribution in [0.4, 0.5) is 15.2 Å². The molecule has 0 saturated carbocycles. The van der Waals surface area contributed by atoms with Gasteiger partial charge in [0.15, 0.2) is 10.3 Å². The summed E-state index contributed by atoms with van der Waals surface area (Å²) in [6.07, 6.45) is 0. The summed E-state index contributed by atoms with van der Waals surface area (Å²) in [5, 5.41) is 16.7. The topological polar surface area (TPSA) is 112 Å². The molecule has 37 heavy (non-hydrogen) atoms. The molecule has 186 valence electrons. The molecule has 0 atom stereocenters. The minimum absolute atomic E-state index is 0.0199. The van der Waals surface area contributed by atoms with Crippen molar-refractivity contribution >= 4 is 50.9 Å². The third-order valence-electron chi connectivity index (χ3n) is 5.37. The molecule has 0 unspecified atom stereocenters. The number of para-hydroxylation sites is 2. The molecule has 2 aromatic heterocycles. The van der Waals surface area contributed by atoms with Gasteiger partial charge in [0, 0.05) is 23.1 Å². The quantitative estimate of drug-likeness (QED) is 0.149. The average Bonchev–Trinajstić information content (AvgIpc) is 3.51. The van der Waals surface area contributed by atoms with Gasteiger partial charge in [0.1, 0.15) is 11.6 Å². The first-order valence-corrected chi connectivity index (χ1v) is 12.7. The van der Waals surface area contributed by atoms with Gasteiger partial charge >= 0.3 is 0 Å². The number of carbonyl (C=O) groups is 1. The Bertz CT molecular complexity index is 1620. The summed E-state index contributed by atoms with van der Waals surface area (Å²) >= 11 is 2.45. The van der Waals surface area contributed by atoms with Crippen LogP contribution in [0, 0.1) is 15.9 Å². The number of benzene rings is 3. The van der Waals surface area contributed by atoms with Crippen LogP contribution in [0.1, 0.15) is 0 Å². The molecule has 0 aliphatic heterocycles. The molecule has 1 amide bonds. The van der Waals surface area contributed by atoms with Crippen LogP contribution in [0.25, 0.3) is 28.0 Å². The number of thiazole rings is 1. The number of thioether (sulfide) groups is 1. The first-order valence-electron chi connectivity index (χ1n) is 10.9. The molecule has 0 radical (unpaired) electrons. The number of nitrogens with zero attached hydrogens (tertiary/aromatic N) is 4. The third kappa shape index (κ3) is 5.15. The Balaban J connectivity index is 1.39. The molecule has 0 aliphatic rings. The summed E-state index contributed by atoms with van der Waals surface area (Å²) in [4.78, 5) is 32.5. The number of nitro groups is 1. The number of nitro benzene ring substituents is 1. The lowest BCUT2D eigenvalue weighted by molar-refractivity contribution is -0.384. The number of imidazole rings is 1. The molecule has 0 fully saturated rings. The maximum Gasteiger partial charge on any atom is 0.271 e. The maximum atomic E-state index is 13.2. The van der Waals surface area contributed by atoms with E-state index in [0.717, 1.165) is 5.56 Å². The number of halogens is 1. The zero-order chi connectivity index (χ0) is 25.9. The molecule has 3 aromatic carbocycles. The highest BCUT2D eigenvalue weighted by Crippen LogP contribution is 2.34. The van der Waals surface area contributed by atoms with Gasteiger partial charge in [0.25, 0.3) is 5.69 Å². The number of methoxy groups -OCH3 is 1. The summed E-state index contributed by atoms with van der Waals surface area (Å²) < 4.78 is 20.5. The number of carbonyl (C=O) groups excluding carboxylic acids is 1. The Kier molecular flexibility index (Phi) is 6.84. The average molecular weight is 536 g/mol. The van der Waals surface area contributed by atoms with Crippen LogP contribution in [-0.2, 0) is 4.79 Å². The number of hydrogen-bond acceptors (Lipinski definition) is 8. The predicted octanol–water partition coefficient (Wildman–Crippen LogP) is 5.94. The van der Waals surface area contributed by atoms with Crippen molar-refractivity contribution in [3.05, 3.63) is 88.0 Å². The Morgan fingerprint density at radius 2 is 1.95 bits per heavy atom. The van der Waals surface area contributed by atoms with E-state index in [1.54, 1.807) is 36.8 Å². The smallest absolute Gasteiger partial charge is 0.271 e. The van der Waals surface area contributed by atoms with Gasteiger partial charge in [-0.3, -0.25) is 19.5 Å². The van der Waals surface area contributed by atoms with Crippen LogP contribution in [0.3, 0.4) is 0 Å². The van der Waals surface area contributed by atoms with Crippen LogP contribution in [0.15, 0.2) is 77.3 Å². The zero-order valence-corrected chi connectivity index (χ0v) is 20.9. The monoisotopic (exact) mass is 535 g/mol. The Morgan fingerprint density at radius 3 is 2.70 bits per heavy atom. The van der Waals surface area contributed by atoms with Crippen molar-refractivity contribution in [3.63, 3.8) is 0 Å². The summed E-state index contributed by atoms with van der Waals surface area (Å²) in [6.45, 7) is 0. The Hall–Kier alpha value is -4.29. The first kappa shape index (κ1) is 24.4. The van der Waals surface area contributed by atoms with Gasteiger partial charge in [-0.15, -0.1) is 11.3 Å². The second-order valence-corrected chi connectivity index (χ2v) is 9.51. The van der Waals surface area contributed by atoms with Gasteiger partial charge in [0.05, 0.1) is 40.2 Å². The number of anilines is 1. The van der Waals surface area contributed by atoms with E-state index in [0.29, 0.717) is 38.5 Å². The highest BCUT2D eigenvalue weighted by molar-refractivity contribution is 7.99. The Labute approximate surface area is 218 Å². The second kappa shape index (κ2) is 10.4. The van der Waals surface area contributed by atoms with E-state index in [2.05, 4.69) is 15.3 Å². The molecule has 0 bridgehead atoms. The fourth-order valence-corrected chi connectivity index (χ4v) is 5.23. The van der Waals surface area contributed by atoms with Crippen LogP contribution >= 0.6 is 23.1 Å². The van der Waals surface area contributed by atoms with Crippen molar-refractivity contribution < 1.29 is 18.8 Å². The van der Waals surface area contributed by atoms with Gasteiger partial charge in [-0.05, 0) is 42.5 Å². The van der Waals surface area contributed by atoms with E-state index in [4.69, 9.17) is 4.74 Å². The van der Waals surface area contributed by atoms with Crippen molar-refractivity contribution in [1.29, 1.82) is 0 Å². The van der Waals surface area contributed by atoms with Crippen LogP contribution < -0.4 is 10.1 Å². The Morgan fingerprint density at radius 1 is 1.16 bits per heavy atom. The number of aromatic nitrogens is 3. The SMILES string of the molecule is COc1ccccc1-n1c(SCC(=O)Nc2nc(-c3ccc(F)cc3)cs2)nc2cc([N+](=O)[O-])ccc21. The van der Waals surface area contributed by atoms with E-state index < -0.39 is 4.92 Å². The van der Waals surface area contributed by atoms with E-state index in [1.807, 2.05) is 22.8 Å². The van der Waals surface area contributed by atoms with Gasteiger partial charge in [-0.2, -0.15) is 0 Å². The first-order chi connectivity index (χ1) is 17.9. The summed E-state index contributed by atoms with van der Waals surface area (Å²) in [6, 6.07) is 17.7. The number of fused-ring (bicyclic) bond motifs is 1. The molecular formula is C25H18FN5O4S2. The summed E-state index contributed by atoms with van der Waals surface area (Å²) in [7, 11) is 1.55. The number of rotatable bonds is 8. The minimum Gasteiger partial charge on any atom is -0.495 e. The van der Waals surface area contributed by atoms with E-state index >= 15 is 0 Å². The van der Waals surface area contributed by atoms with Crippen LogP contribution in [0.5, 0.6) is 5.75 Å². The largest absolute Gasteiger partial charge is 0.495 e. The molecule has 2 heterocycles. The molecular weight excluding hydrogens is 517 g/mol. The van der Waals surface area contributed by atoms with Crippen molar-refractivity contribution in [2.45, 2.75) is 5.16 Å². The second-order valence-electron chi connectivity index (χ2n) is 7.71. The molecule has 5 aromatic rings. The number of hydrogen-bond donors (Lipinski definition) is 1. The van der Waals surface area contributed by atoms with Gasteiger partial charge in [0.2, 0.25) is 5.91 Å². The van der Waals surface area contributed by atoms with Crippen molar-refractivity contribution in [1.82, 2.24) is 14.5 Å². The molecule has 0 aliphatic carbocycles. The van der Waals surface area contributed by atoms with Crippen molar-refractivity contribution in [3.8, 4) is 22.7 Å². The van der Waals surface area contributed by atoms with Crippen LogP contribution in [-0.4, -0.2) is 38.2 Å². The number of non-ortho nitro benzene ring substituents is 1. The van der Waals surface area contributed by atoms with E-state index in [1.165, 1.54) is 47.4 Å². The molecule has 5 rings (SSSR count). The zero-order valence-electron chi connectivity index (χ0n) is 19.3. The lowest BCUT2D eigenvalue weighted by Crippen LogP contribution is -2.14. The van der Waals surface area contributed by atoms with Crippen LogP contribution in [0.2, 0.25) is 0 Å². The molecule has 12 heteroatoms. The van der Waals surface area contributed by atoms with Gasteiger partial charge < -0.3 is 10.1 Å². The molecule has 1 N–H and O–H groups in total. The summed E-state index contributed by atoms with van der Waals surface area (Å²) in [5.74, 6) is -0.0260. The van der Waals surface area contributed by atoms with E-state index in [-0.39, 0.29) is 23.2 Å². The van der Waals surface area contributed by atoms with E-state index in [9.17, 15) is 19.3 Å². The lowest BCUT2D eigenvalue weighted by atomic mass is 10.2. The molecule has 0 saturated heterocycles. The fraction of sp³-hybridized carbons (Fsp3) is 0.0800. The van der Waals surface area contributed by atoms with Gasteiger partial charge in [-0.1, -0.05) is 23.9 Å². The van der Waals surface area contributed by atoms with Crippen molar-refractivity contribution in [2.24, 2.45) is 0 Å². The molecule has 9 nitrogen and oxygen atoms in total. The summed E-state index contributed by atoms with van der Waals surface area (Å²) in [5.41, 5.74) is 3.05. The predicted molar refractivity (Wildman–Crippen MR) is 141 cm³/mol. The minimum atomic E-state index is -0.476. The molecule has 0 spiro atoms. The highest BCUT2D eigenvalue weighted by Gasteiger charge is 2.20. The number of nitrogens with one attached hydrogen (secondary N) is 1. The standard InChI is InChI=1S/C25H18FN5O4S2/c1-35-22-5-3-2-4-21(22)30-20-11-10-17(31(33)34)12-18(20)28-25(30)37-14-23(32)29-24-27-19(13-36-24)15-6-8-16(26)9-7-15/h2-13H,14H2,1H3,(H,27,29,32). The number of amides is 1. The highest BCUT2D eigenvalue weighted by atomic mass is 32.2. The van der Waals surface area contributed by atoms with Crippen molar-refractivity contribution in [2.75, 3.05) is 18.2 Å².